The zero-order valence-corrected chi connectivity index (χ0v) is 10.7. The Morgan fingerprint density at radius 3 is 2.82 bits per heavy atom. The number of fused-ring (bicyclic) bond motifs is 1. The first-order valence-corrected chi connectivity index (χ1v) is 6.01. The van der Waals surface area contributed by atoms with Crippen LogP contribution < -0.4 is 10.1 Å². The van der Waals surface area contributed by atoms with E-state index in [2.05, 4.69) is 17.2 Å². The number of hydrogen-bond donors (Lipinski definition) is 1. The van der Waals surface area contributed by atoms with Crippen molar-refractivity contribution < 1.29 is 4.74 Å². The molecule has 17 heavy (non-hydrogen) atoms. The van der Waals surface area contributed by atoms with Crippen LogP contribution in [0.2, 0.25) is 5.02 Å². The molecule has 90 valence electrons. The standard InChI is InChI=1S/C13H15ClN2O/c1-3-8-15-12-7-4-9-10(14)5-6-11(17-2)13(9)16-12/h4-7H,3,8H2,1-2H3,(H,15,16). The smallest absolute Gasteiger partial charge is 0.145 e. The fraction of sp³-hybridized carbons (Fsp3) is 0.308. The second-order valence-corrected chi connectivity index (χ2v) is 4.18. The summed E-state index contributed by atoms with van der Waals surface area (Å²) in [5, 5.41) is 4.85. The third-order valence-electron chi connectivity index (χ3n) is 2.54. The van der Waals surface area contributed by atoms with Gasteiger partial charge in [-0.2, -0.15) is 0 Å². The number of halogens is 1. The predicted octanol–water partition coefficient (Wildman–Crippen LogP) is 3.72. The summed E-state index contributed by atoms with van der Waals surface area (Å²) in [6.45, 7) is 3.02. The van der Waals surface area contributed by atoms with E-state index in [1.807, 2.05) is 24.3 Å². The third-order valence-corrected chi connectivity index (χ3v) is 2.87. The summed E-state index contributed by atoms with van der Waals surface area (Å²) in [5.74, 6) is 1.59. The lowest BCUT2D eigenvalue weighted by molar-refractivity contribution is 0.419. The van der Waals surface area contributed by atoms with Gasteiger partial charge in [-0.25, -0.2) is 4.98 Å². The van der Waals surface area contributed by atoms with Crippen molar-refractivity contribution in [2.75, 3.05) is 19.0 Å². The Bertz CT molecular complexity index is 528. The molecule has 0 bridgehead atoms. The molecule has 0 saturated heterocycles. The number of anilines is 1. The van der Waals surface area contributed by atoms with Crippen LogP contribution in [0.15, 0.2) is 24.3 Å². The monoisotopic (exact) mass is 250 g/mol. The molecule has 1 aromatic heterocycles. The molecule has 0 fully saturated rings. The highest BCUT2D eigenvalue weighted by Crippen LogP contribution is 2.30. The Kier molecular flexibility index (Phi) is 3.69. The van der Waals surface area contributed by atoms with Crippen LogP contribution in [0, 0.1) is 0 Å². The fourth-order valence-electron chi connectivity index (χ4n) is 1.67. The molecule has 0 aliphatic carbocycles. The number of pyridine rings is 1. The molecule has 0 unspecified atom stereocenters. The number of nitrogens with one attached hydrogen (secondary N) is 1. The lowest BCUT2D eigenvalue weighted by atomic mass is 10.2. The van der Waals surface area contributed by atoms with Gasteiger partial charge in [0.2, 0.25) is 0 Å². The highest BCUT2D eigenvalue weighted by molar-refractivity contribution is 6.35. The van der Waals surface area contributed by atoms with E-state index in [4.69, 9.17) is 16.3 Å². The van der Waals surface area contributed by atoms with Gasteiger partial charge < -0.3 is 10.1 Å². The molecule has 1 N–H and O–H groups in total. The minimum absolute atomic E-state index is 0.690. The van der Waals surface area contributed by atoms with Crippen molar-refractivity contribution in [2.45, 2.75) is 13.3 Å². The quantitative estimate of drug-likeness (QED) is 0.898. The SMILES string of the molecule is CCCNc1ccc2c(Cl)ccc(OC)c2n1. The molecule has 2 rings (SSSR count). The average Bonchev–Trinajstić information content (AvgIpc) is 2.37. The average molecular weight is 251 g/mol. The van der Waals surface area contributed by atoms with Crippen molar-refractivity contribution in [3.8, 4) is 5.75 Å². The highest BCUT2D eigenvalue weighted by atomic mass is 35.5. The number of nitrogens with zero attached hydrogens (tertiary/aromatic N) is 1. The summed E-state index contributed by atoms with van der Waals surface area (Å²) < 4.78 is 5.29. The Morgan fingerprint density at radius 2 is 2.12 bits per heavy atom. The number of rotatable bonds is 4. The minimum Gasteiger partial charge on any atom is -0.494 e. The molecular weight excluding hydrogens is 236 g/mol. The summed E-state index contributed by atoms with van der Waals surface area (Å²) in [4.78, 5) is 4.52. The van der Waals surface area contributed by atoms with E-state index in [9.17, 15) is 0 Å². The Balaban J connectivity index is 2.50. The largest absolute Gasteiger partial charge is 0.494 e. The third kappa shape index (κ3) is 2.44. The van der Waals surface area contributed by atoms with Crippen LogP contribution in [0.5, 0.6) is 5.75 Å². The van der Waals surface area contributed by atoms with Crippen LogP contribution in [0.3, 0.4) is 0 Å². The van der Waals surface area contributed by atoms with Gasteiger partial charge in [-0.05, 0) is 30.7 Å². The van der Waals surface area contributed by atoms with E-state index < -0.39 is 0 Å². The number of methoxy groups -OCH3 is 1. The maximum absolute atomic E-state index is 6.13. The van der Waals surface area contributed by atoms with E-state index in [1.54, 1.807) is 7.11 Å². The maximum atomic E-state index is 6.13. The zero-order valence-electron chi connectivity index (χ0n) is 9.96. The van der Waals surface area contributed by atoms with Crippen LogP contribution in [0.4, 0.5) is 5.82 Å². The van der Waals surface area contributed by atoms with Gasteiger partial charge in [-0.3, -0.25) is 0 Å². The molecule has 0 spiro atoms. The van der Waals surface area contributed by atoms with E-state index in [-0.39, 0.29) is 0 Å². The summed E-state index contributed by atoms with van der Waals surface area (Å²) in [6.07, 6.45) is 1.06. The van der Waals surface area contributed by atoms with Gasteiger partial charge in [0.1, 0.15) is 17.1 Å². The minimum atomic E-state index is 0.690. The van der Waals surface area contributed by atoms with Crippen molar-refractivity contribution >= 4 is 28.3 Å². The molecule has 2 aromatic rings. The molecule has 4 heteroatoms. The van der Waals surface area contributed by atoms with Gasteiger partial charge in [-0.1, -0.05) is 18.5 Å². The first-order valence-electron chi connectivity index (χ1n) is 5.63. The molecule has 0 aliphatic rings. The zero-order chi connectivity index (χ0) is 12.3. The van der Waals surface area contributed by atoms with Crippen LogP contribution in [0.1, 0.15) is 13.3 Å². The van der Waals surface area contributed by atoms with Crippen molar-refractivity contribution in [1.29, 1.82) is 0 Å². The summed E-state index contributed by atoms with van der Waals surface area (Å²) in [6, 6.07) is 7.55. The number of benzene rings is 1. The summed E-state index contributed by atoms with van der Waals surface area (Å²) in [7, 11) is 1.64. The van der Waals surface area contributed by atoms with Gasteiger partial charge in [0, 0.05) is 11.9 Å². The molecular formula is C13H15ClN2O. The molecule has 1 heterocycles. The molecule has 0 saturated carbocycles. The topological polar surface area (TPSA) is 34.1 Å². The number of ether oxygens (including phenoxy) is 1. The number of aromatic nitrogens is 1. The molecule has 3 nitrogen and oxygen atoms in total. The van der Waals surface area contributed by atoms with Gasteiger partial charge >= 0.3 is 0 Å². The second-order valence-electron chi connectivity index (χ2n) is 3.77. The van der Waals surface area contributed by atoms with Crippen molar-refractivity contribution in [3.63, 3.8) is 0 Å². The van der Waals surface area contributed by atoms with Crippen LogP contribution >= 0.6 is 11.6 Å². The van der Waals surface area contributed by atoms with Crippen LogP contribution in [-0.4, -0.2) is 18.6 Å². The summed E-state index contributed by atoms with van der Waals surface area (Å²) >= 11 is 6.13. The van der Waals surface area contributed by atoms with Crippen molar-refractivity contribution in [1.82, 2.24) is 4.98 Å². The van der Waals surface area contributed by atoms with Gasteiger partial charge in [0.05, 0.1) is 12.1 Å². The van der Waals surface area contributed by atoms with Crippen LogP contribution in [-0.2, 0) is 0 Å². The van der Waals surface area contributed by atoms with E-state index in [1.165, 1.54) is 0 Å². The number of hydrogen-bond acceptors (Lipinski definition) is 3. The summed E-state index contributed by atoms with van der Waals surface area (Å²) in [5.41, 5.74) is 0.793. The van der Waals surface area contributed by atoms with Gasteiger partial charge in [0.25, 0.3) is 0 Å². The molecule has 1 aromatic carbocycles. The first-order chi connectivity index (χ1) is 8.26. The maximum Gasteiger partial charge on any atom is 0.145 e. The Labute approximate surface area is 106 Å². The molecule has 0 aliphatic heterocycles. The molecule has 0 amide bonds. The normalized spacial score (nSPS) is 10.5. The van der Waals surface area contributed by atoms with E-state index >= 15 is 0 Å². The molecule has 0 atom stereocenters. The van der Waals surface area contributed by atoms with Crippen molar-refractivity contribution in [3.05, 3.63) is 29.3 Å². The molecule has 0 radical (unpaired) electrons. The van der Waals surface area contributed by atoms with E-state index in [0.29, 0.717) is 5.02 Å². The second kappa shape index (κ2) is 5.23. The fourth-order valence-corrected chi connectivity index (χ4v) is 1.89. The van der Waals surface area contributed by atoms with E-state index in [0.717, 1.165) is 35.4 Å². The predicted molar refractivity (Wildman–Crippen MR) is 72.1 cm³/mol. The lowest BCUT2D eigenvalue weighted by Crippen LogP contribution is -2.02. The van der Waals surface area contributed by atoms with Crippen molar-refractivity contribution in [2.24, 2.45) is 0 Å². The first kappa shape index (κ1) is 12.0. The van der Waals surface area contributed by atoms with Gasteiger partial charge in [-0.15, -0.1) is 0 Å². The Hall–Kier alpha value is -1.48. The lowest BCUT2D eigenvalue weighted by Gasteiger charge is -2.09. The highest BCUT2D eigenvalue weighted by Gasteiger charge is 2.07. The van der Waals surface area contributed by atoms with Crippen LogP contribution in [0.25, 0.3) is 10.9 Å². The Morgan fingerprint density at radius 1 is 1.29 bits per heavy atom. The van der Waals surface area contributed by atoms with Gasteiger partial charge in [0.15, 0.2) is 0 Å².